The topological polar surface area (TPSA) is 40.5 Å². The van der Waals surface area contributed by atoms with Crippen LogP contribution >= 0.6 is 0 Å². The molecule has 1 fully saturated rings. The fourth-order valence-corrected chi connectivity index (χ4v) is 3.40. The quantitative estimate of drug-likeness (QED) is 0.885. The number of aliphatic hydroxyl groups excluding tert-OH is 1. The van der Waals surface area contributed by atoms with Gasteiger partial charge in [-0.3, -0.25) is 4.79 Å². The molecule has 1 aliphatic carbocycles. The van der Waals surface area contributed by atoms with Gasteiger partial charge in [0.05, 0.1) is 0 Å². The number of carbonyl (C=O) groups excluding carboxylic acids is 1. The van der Waals surface area contributed by atoms with E-state index >= 15 is 0 Å². The number of benzene rings is 1. The Morgan fingerprint density at radius 1 is 1.21 bits per heavy atom. The third kappa shape index (κ3) is 1.89. The van der Waals surface area contributed by atoms with Gasteiger partial charge in [-0.05, 0) is 18.9 Å². The predicted molar refractivity (Wildman–Crippen MR) is 74.5 cm³/mol. The fraction of sp³-hybridized carbons (Fsp3) is 0.438. The van der Waals surface area contributed by atoms with Crippen LogP contribution in [-0.2, 0) is 0 Å². The van der Waals surface area contributed by atoms with E-state index in [1.807, 2.05) is 29.2 Å². The van der Waals surface area contributed by atoms with Gasteiger partial charge in [0.25, 0.3) is 5.91 Å². The molecule has 2 atom stereocenters. The predicted octanol–water partition coefficient (Wildman–Crippen LogP) is 2.66. The van der Waals surface area contributed by atoms with Crippen LogP contribution in [0, 0.1) is 5.92 Å². The van der Waals surface area contributed by atoms with Crippen molar-refractivity contribution in [3.05, 3.63) is 42.0 Å². The molecule has 1 N–H and O–H groups in total. The summed E-state index contributed by atoms with van der Waals surface area (Å²) >= 11 is 0. The monoisotopic (exact) mass is 257 g/mol. The van der Waals surface area contributed by atoms with Gasteiger partial charge in [-0.1, -0.05) is 37.6 Å². The maximum atomic E-state index is 12.6. The Bertz CT molecular complexity index is 488. The molecular weight excluding hydrogens is 238 g/mol. The molecule has 0 saturated heterocycles. The van der Waals surface area contributed by atoms with E-state index in [2.05, 4.69) is 6.58 Å². The zero-order valence-corrected chi connectivity index (χ0v) is 11.0. The van der Waals surface area contributed by atoms with Crippen LogP contribution in [0.4, 0.5) is 0 Å². The Balaban J connectivity index is 1.95. The molecule has 19 heavy (non-hydrogen) atoms. The normalized spacial score (nSPS) is 26.7. The molecule has 1 aromatic carbocycles. The van der Waals surface area contributed by atoms with Crippen LogP contribution in [0.15, 0.2) is 30.8 Å². The minimum absolute atomic E-state index is 0.0472. The number of fused-ring (bicyclic) bond motifs is 1. The van der Waals surface area contributed by atoms with Crippen molar-refractivity contribution in [1.29, 1.82) is 0 Å². The average molecular weight is 257 g/mol. The van der Waals surface area contributed by atoms with Gasteiger partial charge in [0, 0.05) is 35.4 Å². The van der Waals surface area contributed by atoms with Crippen LogP contribution in [-0.4, -0.2) is 28.6 Å². The molecule has 3 rings (SSSR count). The number of carbonyl (C=O) groups is 1. The summed E-state index contributed by atoms with van der Waals surface area (Å²) in [5, 5.41) is 9.54. The highest BCUT2D eigenvalue weighted by atomic mass is 16.3. The van der Waals surface area contributed by atoms with Crippen molar-refractivity contribution in [2.24, 2.45) is 5.92 Å². The van der Waals surface area contributed by atoms with Crippen LogP contribution in [0.5, 0.6) is 0 Å². The van der Waals surface area contributed by atoms with Gasteiger partial charge in [-0.15, -0.1) is 0 Å². The first kappa shape index (κ1) is 12.4. The van der Waals surface area contributed by atoms with Gasteiger partial charge < -0.3 is 10.0 Å². The first-order valence-corrected chi connectivity index (χ1v) is 6.96. The molecule has 2 unspecified atom stereocenters. The van der Waals surface area contributed by atoms with Crippen molar-refractivity contribution in [2.45, 2.75) is 31.7 Å². The van der Waals surface area contributed by atoms with Gasteiger partial charge in [0.15, 0.2) is 0 Å². The lowest BCUT2D eigenvalue weighted by Gasteiger charge is -2.37. The second-order valence-electron chi connectivity index (χ2n) is 5.46. The summed E-state index contributed by atoms with van der Waals surface area (Å²) in [6, 6.07) is 7.74. The third-order valence-corrected chi connectivity index (χ3v) is 4.41. The molecule has 0 aromatic heterocycles. The number of aliphatic hydroxyl groups is 1. The van der Waals surface area contributed by atoms with E-state index in [0.717, 1.165) is 42.5 Å². The van der Waals surface area contributed by atoms with Gasteiger partial charge in [0.2, 0.25) is 0 Å². The number of nitrogens with zero attached hydrogens (tertiary/aromatic N) is 1. The van der Waals surface area contributed by atoms with Gasteiger partial charge in [-0.2, -0.15) is 0 Å². The van der Waals surface area contributed by atoms with E-state index in [1.54, 1.807) is 0 Å². The Hall–Kier alpha value is -1.61. The minimum Gasteiger partial charge on any atom is -0.396 e. The fourth-order valence-electron chi connectivity index (χ4n) is 3.40. The lowest BCUT2D eigenvalue weighted by Crippen LogP contribution is -2.43. The lowest BCUT2D eigenvalue weighted by molar-refractivity contribution is 0.0633. The number of rotatable bonds is 2. The highest BCUT2D eigenvalue weighted by Crippen LogP contribution is 2.38. The van der Waals surface area contributed by atoms with Crippen molar-refractivity contribution in [2.75, 3.05) is 6.61 Å². The van der Waals surface area contributed by atoms with E-state index in [4.69, 9.17) is 0 Å². The lowest BCUT2D eigenvalue weighted by atomic mass is 9.84. The molecule has 0 spiro atoms. The summed E-state index contributed by atoms with van der Waals surface area (Å²) in [5.74, 6) is 0.231. The molecule has 100 valence electrons. The summed E-state index contributed by atoms with van der Waals surface area (Å²) in [4.78, 5) is 14.4. The molecule has 1 heterocycles. The Kier molecular flexibility index (Phi) is 3.15. The van der Waals surface area contributed by atoms with E-state index in [-0.39, 0.29) is 24.5 Å². The molecule has 2 aliphatic rings. The standard InChI is InChI=1S/C16H19NO2/c1-11-13-7-3-4-8-14(13)16(19)17(11)15-9-5-2-6-12(15)10-18/h3-4,7-8,12,15,18H,1-2,5-6,9-10H2. The number of hydrogen-bond acceptors (Lipinski definition) is 2. The van der Waals surface area contributed by atoms with E-state index < -0.39 is 0 Å². The van der Waals surface area contributed by atoms with Crippen LogP contribution < -0.4 is 0 Å². The van der Waals surface area contributed by atoms with Crippen molar-refractivity contribution in [3.63, 3.8) is 0 Å². The number of hydrogen-bond donors (Lipinski definition) is 1. The SMILES string of the molecule is C=C1c2ccccc2C(=O)N1C1CCCCC1CO. The Labute approximate surface area is 113 Å². The zero-order valence-electron chi connectivity index (χ0n) is 11.0. The average Bonchev–Trinajstić information content (AvgIpc) is 2.71. The smallest absolute Gasteiger partial charge is 0.259 e. The van der Waals surface area contributed by atoms with Crippen LogP contribution in [0.2, 0.25) is 0 Å². The van der Waals surface area contributed by atoms with Crippen LogP contribution in [0.1, 0.15) is 41.6 Å². The summed E-state index contributed by atoms with van der Waals surface area (Å²) < 4.78 is 0. The molecule has 1 saturated carbocycles. The van der Waals surface area contributed by atoms with Gasteiger partial charge in [0.1, 0.15) is 0 Å². The molecule has 3 nitrogen and oxygen atoms in total. The van der Waals surface area contributed by atoms with E-state index in [1.165, 1.54) is 0 Å². The molecule has 1 aliphatic heterocycles. The maximum Gasteiger partial charge on any atom is 0.259 e. The largest absolute Gasteiger partial charge is 0.396 e. The third-order valence-electron chi connectivity index (χ3n) is 4.41. The molecular formula is C16H19NO2. The first-order chi connectivity index (χ1) is 9.24. The highest BCUT2D eigenvalue weighted by Gasteiger charge is 2.39. The molecule has 1 amide bonds. The summed E-state index contributed by atoms with van der Waals surface area (Å²) in [5.41, 5.74) is 2.48. The van der Waals surface area contributed by atoms with Crippen molar-refractivity contribution in [3.8, 4) is 0 Å². The van der Waals surface area contributed by atoms with Crippen LogP contribution in [0.25, 0.3) is 5.70 Å². The summed E-state index contributed by atoms with van der Waals surface area (Å²) in [6.45, 7) is 4.25. The van der Waals surface area contributed by atoms with Crippen molar-refractivity contribution < 1.29 is 9.90 Å². The number of amides is 1. The Morgan fingerprint density at radius 3 is 2.58 bits per heavy atom. The first-order valence-electron chi connectivity index (χ1n) is 6.96. The summed E-state index contributed by atoms with van der Waals surface area (Å²) in [7, 11) is 0. The minimum atomic E-state index is 0.0472. The highest BCUT2D eigenvalue weighted by molar-refractivity contribution is 6.09. The molecule has 0 radical (unpaired) electrons. The van der Waals surface area contributed by atoms with E-state index in [9.17, 15) is 9.90 Å². The Morgan fingerprint density at radius 2 is 1.89 bits per heavy atom. The molecule has 3 heteroatoms. The van der Waals surface area contributed by atoms with Crippen molar-refractivity contribution >= 4 is 11.6 Å². The molecule has 1 aromatic rings. The zero-order chi connectivity index (χ0) is 13.4. The van der Waals surface area contributed by atoms with Crippen LogP contribution in [0.3, 0.4) is 0 Å². The second kappa shape index (κ2) is 4.82. The molecule has 0 bridgehead atoms. The van der Waals surface area contributed by atoms with Gasteiger partial charge >= 0.3 is 0 Å². The second-order valence-corrected chi connectivity index (χ2v) is 5.46. The van der Waals surface area contributed by atoms with Crippen molar-refractivity contribution in [1.82, 2.24) is 4.90 Å². The summed E-state index contributed by atoms with van der Waals surface area (Å²) in [6.07, 6.45) is 4.22. The van der Waals surface area contributed by atoms with E-state index in [0.29, 0.717) is 0 Å². The van der Waals surface area contributed by atoms with Gasteiger partial charge in [-0.25, -0.2) is 0 Å². The maximum absolute atomic E-state index is 12.6.